The highest BCUT2D eigenvalue weighted by Gasteiger charge is 2.04. The quantitative estimate of drug-likeness (QED) is 0.537. The molecule has 0 bridgehead atoms. The van der Waals surface area contributed by atoms with Crippen molar-refractivity contribution in [2.45, 2.75) is 6.04 Å². The fourth-order valence-corrected chi connectivity index (χ4v) is 1.59. The maximum atomic E-state index is 10.1. The van der Waals surface area contributed by atoms with Crippen LogP contribution in [0, 0.1) is 0 Å². The average Bonchev–Trinajstić information content (AvgIpc) is 2.52. The molecule has 1 amide bonds. The van der Waals surface area contributed by atoms with Gasteiger partial charge in [0.2, 0.25) is 6.41 Å². The Labute approximate surface area is 69.6 Å². The lowest BCUT2D eigenvalue weighted by atomic mass is 10.2. The Hall–Kier alpha value is -1.09. The number of amides is 1. The van der Waals surface area contributed by atoms with E-state index < -0.39 is 0 Å². The van der Waals surface area contributed by atoms with Gasteiger partial charge in [0.25, 0.3) is 0 Å². The normalized spacial score (nSPS) is 12.0. The van der Waals surface area contributed by atoms with Gasteiger partial charge in [0, 0.05) is 4.88 Å². The molecule has 0 fully saturated rings. The number of nitrogens with one attached hydrogen (secondary N) is 1. The van der Waals surface area contributed by atoms with Crippen LogP contribution in [0.1, 0.15) is 10.9 Å². The molecule has 0 saturated carbocycles. The monoisotopic (exact) mass is 167 g/mol. The summed E-state index contributed by atoms with van der Waals surface area (Å²) in [5.41, 5.74) is 0. The fraction of sp³-hybridized carbons (Fsp3) is 0.125. The molecule has 1 unspecified atom stereocenters. The smallest absolute Gasteiger partial charge is 0.207 e. The molecule has 0 aliphatic heterocycles. The van der Waals surface area contributed by atoms with Gasteiger partial charge in [0.15, 0.2) is 0 Å². The number of rotatable bonds is 4. The molecule has 0 saturated heterocycles. The van der Waals surface area contributed by atoms with Crippen LogP contribution in [0.4, 0.5) is 0 Å². The summed E-state index contributed by atoms with van der Waals surface area (Å²) in [4.78, 5) is 11.2. The Morgan fingerprint density at radius 1 is 1.73 bits per heavy atom. The topological polar surface area (TPSA) is 29.1 Å². The molecule has 1 rings (SSSR count). The third kappa shape index (κ3) is 1.91. The maximum Gasteiger partial charge on any atom is 0.207 e. The average molecular weight is 167 g/mol. The highest BCUT2D eigenvalue weighted by Crippen LogP contribution is 2.18. The van der Waals surface area contributed by atoms with Gasteiger partial charge < -0.3 is 5.32 Å². The molecule has 1 N–H and O–H groups in total. The first-order valence-electron chi connectivity index (χ1n) is 3.24. The first kappa shape index (κ1) is 8.01. The molecule has 1 atom stereocenters. The highest BCUT2D eigenvalue weighted by atomic mass is 32.1. The highest BCUT2D eigenvalue weighted by molar-refractivity contribution is 7.10. The van der Waals surface area contributed by atoms with Gasteiger partial charge in [-0.25, -0.2) is 0 Å². The molecule has 1 heterocycles. The van der Waals surface area contributed by atoms with Crippen LogP contribution in [0.15, 0.2) is 30.2 Å². The van der Waals surface area contributed by atoms with Crippen LogP contribution in [0.5, 0.6) is 0 Å². The first-order valence-corrected chi connectivity index (χ1v) is 4.12. The number of hydrogen-bond acceptors (Lipinski definition) is 2. The van der Waals surface area contributed by atoms with Gasteiger partial charge in [0.1, 0.15) is 0 Å². The zero-order valence-electron chi connectivity index (χ0n) is 5.99. The third-order valence-electron chi connectivity index (χ3n) is 1.33. The minimum atomic E-state index is -0.0347. The fourth-order valence-electron chi connectivity index (χ4n) is 0.808. The van der Waals surface area contributed by atoms with Crippen LogP contribution in [0.25, 0.3) is 0 Å². The number of carbonyl (C=O) groups is 1. The Bertz CT molecular complexity index is 230. The summed E-state index contributed by atoms with van der Waals surface area (Å²) in [6.07, 6.45) is 2.40. The first-order chi connectivity index (χ1) is 5.38. The summed E-state index contributed by atoms with van der Waals surface area (Å²) in [5.74, 6) is 0. The van der Waals surface area contributed by atoms with E-state index in [1.807, 2.05) is 17.5 Å². The van der Waals surface area contributed by atoms with Crippen molar-refractivity contribution in [3.8, 4) is 0 Å². The number of hydrogen-bond donors (Lipinski definition) is 1. The van der Waals surface area contributed by atoms with Crippen molar-refractivity contribution >= 4 is 17.7 Å². The molecule has 58 valence electrons. The summed E-state index contributed by atoms with van der Waals surface area (Å²) in [7, 11) is 0. The lowest BCUT2D eigenvalue weighted by molar-refractivity contribution is -0.109. The van der Waals surface area contributed by atoms with Crippen molar-refractivity contribution in [3.63, 3.8) is 0 Å². The SMILES string of the molecule is C=CC(NC=O)c1cccs1. The van der Waals surface area contributed by atoms with Gasteiger partial charge in [-0.05, 0) is 11.4 Å². The summed E-state index contributed by atoms with van der Waals surface area (Å²) in [5, 5.41) is 4.62. The van der Waals surface area contributed by atoms with Gasteiger partial charge in [-0.3, -0.25) is 4.79 Å². The third-order valence-corrected chi connectivity index (χ3v) is 2.29. The number of thiophene rings is 1. The molecule has 2 nitrogen and oxygen atoms in total. The van der Waals surface area contributed by atoms with Crippen LogP contribution in [-0.2, 0) is 4.79 Å². The Kier molecular flexibility index (Phi) is 2.86. The predicted molar refractivity (Wildman–Crippen MR) is 46.5 cm³/mol. The molecule has 1 aromatic heterocycles. The molecule has 0 aliphatic carbocycles. The second-order valence-electron chi connectivity index (χ2n) is 2.01. The summed E-state index contributed by atoms with van der Waals surface area (Å²) >= 11 is 1.60. The van der Waals surface area contributed by atoms with Crippen molar-refractivity contribution in [1.29, 1.82) is 0 Å². The van der Waals surface area contributed by atoms with Gasteiger partial charge in [0.05, 0.1) is 6.04 Å². The van der Waals surface area contributed by atoms with E-state index in [0.29, 0.717) is 6.41 Å². The van der Waals surface area contributed by atoms with E-state index in [-0.39, 0.29) is 6.04 Å². The largest absolute Gasteiger partial charge is 0.348 e. The molecule has 3 heteroatoms. The minimum Gasteiger partial charge on any atom is -0.348 e. The van der Waals surface area contributed by atoms with Crippen molar-refractivity contribution in [2.24, 2.45) is 0 Å². The molecule has 0 radical (unpaired) electrons. The van der Waals surface area contributed by atoms with Crippen molar-refractivity contribution < 1.29 is 4.79 Å². The van der Waals surface area contributed by atoms with Crippen molar-refractivity contribution in [2.75, 3.05) is 0 Å². The van der Waals surface area contributed by atoms with Crippen LogP contribution >= 0.6 is 11.3 Å². The van der Waals surface area contributed by atoms with E-state index in [2.05, 4.69) is 11.9 Å². The molecular weight excluding hydrogens is 158 g/mol. The van der Waals surface area contributed by atoms with Gasteiger partial charge in [-0.2, -0.15) is 0 Å². The molecule has 0 aromatic carbocycles. The van der Waals surface area contributed by atoms with Gasteiger partial charge in [-0.1, -0.05) is 12.1 Å². The van der Waals surface area contributed by atoms with E-state index in [4.69, 9.17) is 0 Å². The van der Waals surface area contributed by atoms with Crippen LogP contribution in [0.3, 0.4) is 0 Å². The lowest BCUT2D eigenvalue weighted by Crippen LogP contribution is -2.15. The second-order valence-corrected chi connectivity index (χ2v) is 2.99. The van der Waals surface area contributed by atoms with Crippen molar-refractivity contribution in [1.82, 2.24) is 5.32 Å². The van der Waals surface area contributed by atoms with E-state index in [1.54, 1.807) is 17.4 Å². The van der Waals surface area contributed by atoms with Gasteiger partial charge in [-0.15, -0.1) is 17.9 Å². The Morgan fingerprint density at radius 2 is 2.55 bits per heavy atom. The molecular formula is C8H9NOS. The molecule has 11 heavy (non-hydrogen) atoms. The van der Waals surface area contributed by atoms with Crippen LogP contribution in [0.2, 0.25) is 0 Å². The van der Waals surface area contributed by atoms with Gasteiger partial charge >= 0.3 is 0 Å². The van der Waals surface area contributed by atoms with E-state index in [0.717, 1.165) is 4.88 Å². The molecule has 0 spiro atoms. The standard InChI is InChI=1S/C8H9NOS/c1-2-7(9-6-10)8-4-3-5-11-8/h2-7H,1H2,(H,9,10). The zero-order chi connectivity index (χ0) is 8.10. The lowest BCUT2D eigenvalue weighted by Gasteiger charge is -2.06. The number of carbonyl (C=O) groups excluding carboxylic acids is 1. The molecule has 0 aliphatic rings. The summed E-state index contributed by atoms with van der Waals surface area (Å²) in [6, 6.07) is 3.88. The zero-order valence-corrected chi connectivity index (χ0v) is 6.80. The van der Waals surface area contributed by atoms with E-state index in [1.165, 1.54) is 0 Å². The summed E-state index contributed by atoms with van der Waals surface area (Å²) < 4.78 is 0. The second kappa shape index (κ2) is 3.93. The Morgan fingerprint density at radius 3 is 3.00 bits per heavy atom. The minimum absolute atomic E-state index is 0.0347. The van der Waals surface area contributed by atoms with Crippen LogP contribution in [-0.4, -0.2) is 6.41 Å². The van der Waals surface area contributed by atoms with E-state index >= 15 is 0 Å². The van der Waals surface area contributed by atoms with E-state index in [9.17, 15) is 4.79 Å². The maximum absolute atomic E-state index is 10.1. The molecule has 1 aromatic rings. The Balaban J connectivity index is 2.70. The van der Waals surface area contributed by atoms with Crippen molar-refractivity contribution in [3.05, 3.63) is 35.0 Å². The summed E-state index contributed by atoms with van der Waals surface area (Å²) in [6.45, 7) is 3.62. The van der Waals surface area contributed by atoms with Crippen LogP contribution < -0.4 is 5.32 Å². The predicted octanol–water partition coefficient (Wildman–Crippen LogP) is 1.72.